The lowest BCUT2D eigenvalue weighted by molar-refractivity contribution is -0.384. The molecule has 8 heteroatoms. The maximum atomic E-state index is 10.8. The van der Waals surface area contributed by atoms with Gasteiger partial charge in [0.1, 0.15) is 5.75 Å². The van der Waals surface area contributed by atoms with E-state index in [4.69, 9.17) is 10.5 Å². The summed E-state index contributed by atoms with van der Waals surface area (Å²) in [6.45, 7) is 0.153. The van der Waals surface area contributed by atoms with Gasteiger partial charge in [0, 0.05) is 34.4 Å². The third-order valence-electron chi connectivity index (χ3n) is 2.93. The second-order valence-electron chi connectivity index (χ2n) is 4.67. The molecule has 7 nitrogen and oxygen atoms in total. The minimum Gasteiger partial charge on any atom is -0.483 e. The molecule has 120 valence electrons. The molecule has 3 N–H and O–H groups in total. The van der Waals surface area contributed by atoms with Gasteiger partial charge in [-0.15, -0.1) is 0 Å². The quantitative estimate of drug-likeness (QED) is 0.567. The van der Waals surface area contributed by atoms with Gasteiger partial charge in [-0.3, -0.25) is 14.9 Å². The largest absolute Gasteiger partial charge is 0.483 e. The van der Waals surface area contributed by atoms with Crippen LogP contribution >= 0.6 is 15.9 Å². The van der Waals surface area contributed by atoms with E-state index < -0.39 is 10.8 Å². The van der Waals surface area contributed by atoms with Gasteiger partial charge >= 0.3 is 0 Å². The minimum atomic E-state index is -0.564. The van der Waals surface area contributed by atoms with Crippen LogP contribution in [0.15, 0.2) is 46.9 Å². The first kappa shape index (κ1) is 16.8. The second-order valence-corrected chi connectivity index (χ2v) is 5.58. The van der Waals surface area contributed by atoms with Crippen molar-refractivity contribution in [3.05, 3.63) is 62.6 Å². The van der Waals surface area contributed by atoms with E-state index in [0.717, 1.165) is 10.0 Å². The fourth-order valence-electron chi connectivity index (χ4n) is 1.90. The summed E-state index contributed by atoms with van der Waals surface area (Å²) in [5.41, 5.74) is 6.48. The molecule has 0 spiro atoms. The lowest BCUT2D eigenvalue weighted by Gasteiger charge is -2.12. The first-order chi connectivity index (χ1) is 11.0. The summed E-state index contributed by atoms with van der Waals surface area (Å²) in [4.78, 5) is 21.2. The molecule has 0 aliphatic carbocycles. The smallest absolute Gasteiger partial charge is 0.271 e. The Kier molecular flexibility index (Phi) is 5.53. The number of carbonyl (C=O) groups is 1. The van der Waals surface area contributed by atoms with E-state index in [-0.39, 0.29) is 12.3 Å². The maximum Gasteiger partial charge on any atom is 0.271 e. The SMILES string of the molecule is NC(=O)COc1ccc(Br)cc1CNc1cccc([N+](=O)[O-])c1. The molecular weight excluding hydrogens is 366 g/mol. The van der Waals surface area contributed by atoms with Gasteiger partial charge in [0.05, 0.1) is 4.92 Å². The number of nitrogens with zero attached hydrogens (tertiary/aromatic N) is 1. The molecule has 0 aromatic heterocycles. The fourth-order valence-corrected chi connectivity index (χ4v) is 2.31. The Balaban J connectivity index is 2.13. The molecule has 0 radical (unpaired) electrons. The Labute approximate surface area is 140 Å². The highest BCUT2D eigenvalue weighted by atomic mass is 79.9. The van der Waals surface area contributed by atoms with Crippen LogP contribution < -0.4 is 15.8 Å². The van der Waals surface area contributed by atoms with Gasteiger partial charge in [-0.05, 0) is 24.3 Å². The number of nitrogens with two attached hydrogens (primary N) is 1. The average molecular weight is 380 g/mol. The predicted molar refractivity (Wildman–Crippen MR) is 89.3 cm³/mol. The number of ether oxygens (including phenoxy) is 1. The summed E-state index contributed by atoms with van der Waals surface area (Å²) < 4.78 is 6.21. The summed E-state index contributed by atoms with van der Waals surface area (Å²) in [5, 5.41) is 13.9. The van der Waals surface area contributed by atoms with E-state index in [9.17, 15) is 14.9 Å². The highest BCUT2D eigenvalue weighted by molar-refractivity contribution is 9.10. The maximum absolute atomic E-state index is 10.8. The first-order valence-corrected chi connectivity index (χ1v) is 7.43. The van der Waals surface area contributed by atoms with Crippen LogP contribution in [-0.2, 0) is 11.3 Å². The summed E-state index contributed by atoms with van der Waals surface area (Å²) in [5.74, 6) is -0.0459. The topological polar surface area (TPSA) is 107 Å². The van der Waals surface area contributed by atoms with Gasteiger partial charge in [0.25, 0.3) is 11.6 Å². The van der Waals surface area contributed by atoms with Crippen LogP contribution in [0.3, 0.4) is 0 Å². The van der Waals surface area contributed by atoms with Gasteiger partial charge in [0.15, 0.2) is 6.61 Å². The molecule has 0 aliphatic heterocycles. The van der Waals surface area contributed by atoms with E-state index in [0.29, 0.717) is 18.0 Å². The molecule has 0 aliphatic rings. The van der Waals surface area contributed by atoms with Crippen molar-refractivity contribution in [1.82, 2.24) is 0 Å². The molecule has 0 unspecified atom stereocenters. The van der Waals surface area contributed by atoms with Crippen LogP contribution in [0.25, 0.3) is 0 Å². The number of rotatable bonds is 7. The predicted octanol–water partition coefficient (Wildman–Crippen LogP) is 2.83. The fraction of sp³-hybridized carbons (Fsp3) is 0.133. The number of hydrogen-bond donors (Lipinski definition) is 2. The van der Waals surface area contributed by atoms with Crippen molar-refractivity contribution in [3.63, 3.8) is 0 Å². The zero-order chi connectivity index (χ0) is 16.8. The second kappa shape index (κ2) is 7.59. The number of benzene rings is 2. The molecule has 0 fully saturated rings. The normalized spacial score (nSPS) is 10.1. The number of nitro benzene ring substituents is 1. The van der Waals surface area contributed by atoms with Crippen molar-refractivity contribution in [1.29, 1.82) is 0 Å². The molecule has 0 bridgehead atoms. The highest BCUT2D eigenvalue weighted by Gasteiger charge is 2.08. The number of carbonyl (C=O) groups excluding carboxylic acids is 1. The highest BCUT2D eigenvalue weighted by Crippen LogP contribution is 2.25. The standard InChI is InChI=1S/C15H14BrN3O4/c16-11-4-5-14(23-9-15(17)20)10(6-11)8-18-12-2-1-3-13(7-12)19(21)22/h1-7,18H,8-9H2,(H2,17,20). The van der Waals surface area contributed by atoms with Gasteiger partial charge in [-0.2, -0.15) is 0 Å². The zero-order valence-electron chi connectivity index (χ0n) is 12.0. The molecule has 2 aromatic rings. The van der Waals surface area contributed by atoms with Crippen molar-refractivity contribution in [3.8, 4) is 5.75 Å². The number of amides is 1. The van der Waals surface area contributed by atoms with Crippen LogP contribution in [0.5, 0.6) is 5.75 Å². The molecule has 23 heavy (non-hydrogen) atoms. The lowest BCUT2D eigenvalue weighted by Crippen LogP contribution is -2.20. The van der Waals surface area contributed by atoms with Crippen LogP contribution in [0.2, 0.25) is 0 Å². The number of halogens is 1. The summed E-state index contributed by atoms with van der Waals surface area (Å²) in [6.07, 6.45) is 0. The Morgan fingerprint density at radius 1 is 1.30 bits per heavy atom. The Morgan fingerprint density at radius 3 is 2.78 bits per heavy atom. The first-order valence-electron chi connectivity index (χ1n) is 6.63. The summed E-state index contributed by atoms with van der Waals surface area (Å²) in [7, 11) is 0. The number of nitro groups is 1. The van der Waals surface area contributed by atoms with Crippen molar-refractivity contribution < 1.29 is 14.5 Å². The molecule has 2 rings (SSSR count). The number of anilines is 1. The Morgan fingerprint density at radius 2 is 2.09 bits per heavy atom. The summed E-state index contributed by atoms with van der Waals surface area (Å²) in [6, 6.07) is 11.5. The average Bonchev–Trinajstić information content (AvgIpc) is 2.52. The number of primary amides is 1. The molecular formula is C15H14BrN3O4. The van der Waals surface area contributed by atoms with Gasteiger partial charge in [-0.1, -0.05) is 22.0 Å². The zero-order valence-corrected chi connectivity index (χ0v) is 13.6. The van der Waals surface area contributed by atoms with Gasteiger partial charge in [-0.25, -0.2) is 0 Å². The molecule has 0 heterocycles. The molecule has 0 saturated heterocycles. The lowest BCUT2D eigenvalue weighted by atomic mass is 10.2. The third-order valence-corrected chi connectivity index (χ3v) is 3.43. The number of non-ortho nitro benzene ring substituents is 1. The number of hydrogen-bond acceptors (Lipinski definition) is 5. The Hall–Kier alpha value is -2.61. The molecule has 2 aromatic carbocycles. The van der Waals surface area contributed by atoms with Crippen LogP contribution in [0, 0.1) is 10.1 Å². The molecule has 0 saturated carbocycles. The van der Waals surface area contributed by atoms with Crippen LogP contribution in [0.4, 0.5) is 11.4 Å². The van der Waals surface area contributed by atoms with E-state index in [1.165, 1.54) is 12.1 Å². The molecule has 1 amide bonds. The van der Waals surface area contributed by atoms with Crippen molar-refractivity contribution in [2.45, 2.75) is 6.54 Å². The molecule has 0 atom stereocenters. The van der Waals surface area contributed by atoms with Crippen molar-refractivity contribution >= 4 is 33.2 Å². The van der Waals surface area contributed by atoms with Crippen LogP contribution in [0.1, 0.15) is 5.56 Å². The van der Waals surface area contributed by atoms with E-state index in [1.807, 2.05) is 6.07 Å². The van der Waals surface area contributed by atoms with Crippen LogP contribution in [-0.4, -0.2) is 17.4 Å². The van der Waals surface area contributed by atoms with Gasteiger partial charge in [0.2, 0.25) is 0 Å². The van der Waals surface area contributed by atoms with Crippen molar-refractivity contribution in [2.24, 2.45) is 5.73 Å². The Bertz CT molecular complexity index is 736. The summed E-state index contributed by atoms with van der Waals surface area (Å²) >= 11 is 3.37. The van der Waals surface area contributed by atoms with E-state index >= 15 is 0 Å². The monoisotopic (exact) mass is 379 g/mol. The van der Waals surface area contributed by atoms with Crippen molar-refractivity contribution in [2.75, 3.05) is 11.9 Å². The van der Waals surface area contributed by atoms with E-state index in [1.54, 1.807) is 24.3 Å². The minimum absolute atomic E-state index is 0.00874. The third kappa shape index (κ3) is 4.96. The van der Waals surface area contributed by atoms with E-state index in [2.05, 4.69) is 21.2 Å². The number of nitrogens with one attached hydrogen (secondary N) is 1. The van der Waals surface area contributed by atoms with Gasteiger partial charge < -0.3 is 15.8 Å².